The number of carbonyl (C=O) groups is 1. The van der Waals surface area contributed by atoms with E-state index in [-0.39, 0.29) is 11.7 Å². The molecule has 122 valence electrons. The molecule has 0 spiro atoms. The Labute approximate surface area is 143 Å². The number of aliphatic hydroxyl groups excluding tert-OH is 1. The molecule has 3 aromatic rings. The number of hydrogen-bond acceptors (Lipinski definition) is 3. The number of thiophene rings is 1. The molecule has 0 bridgehead atoms. The van der Waals surface area contributed by atoms with E-state index in [0.717, 1.165) is 15.3 Å². The van der Waals surface area contributed by atoms with Crippen LogP contribution in [0.2, 0.25) is 0 Å². The third-order valence-electron chi connectivity index (χ3n) is 3.60. The fraction of sp³-hybridized carbons (Fsp3) is 0.105. The molecule has 1 atom stereocenters. The molecule has 1 heterocycles. The molecule has 0 aliphatic rings. The summed E-state index contributed by atoms with van der Waals surface area (Å²) in [4.78, 5) is 13.8. The highest BCUT2D eigenvalue weighted by atomic mass is 32.1. The van der Waals surface area contributed by atoms with Crippen LogP contribution in [-0.4, -0.2) is 11.0 Å². The summed E-state index contributed by atoms with van der Waals surface area (Å²) in [5.74, 6) is -0.627. The largest absolute Gasteiger partial charge is 0.383 e. The molecule has 0 radical (unpaired) electrons. The number of hydrogen-bond donors (Lipinski definition) is 2. The first-order valence-corrected chi connectivity index (χ1v) is 8.30. The second-order valence-electron chi connectivity index (χ2n) is 5.31. The summed E-state index contributed by atoms with van der Waals surface area (Å²) in [6, 6.07) is 18.6. The van der Waals surface area contributed by atoms with Gasteiger partial charge in [-0.1, -0.05) is 30.3 Å². The number of carbonyl (C=O) groups excluding carboxylic acids is 1. The minimum atomic E-state index is -0.669. The molecule has 5 heteroatoms. The van der Waals surface area contributed by atoms with Crippen molar-refractivity contribution in [3.05, 3.63) is 93.4 Å². The number of aliphatic hydroxyl groups is 1. The highest BCUT2D eigenvalue weighted by Crippen LogP contribution is 2.28. The molecule has 0 saturated carbocycles. The van der Waals surface area contributed by atoms with Gasteiger partial charge >= 0.3 is 0 Å². The lowest BCUT2D eigenvalue weighted by Crippen LogP contribution is -2.22. The molecule has 1 aromatic heterocycles. The Bertz CT molecular complexity index is 815. The Morgan fingerprint density at radius 2 is 1.75 bits per heavy atom. The number of nitrogens with one attached hydrogen (secondary N) is 1. The van der Waals surface area contributed by atoms with E-state index < -0.39 is 6.10 Å². The molecule has 3 rings (SSSR count). The van der Waals surface area contributed by atoms with Crippen LogP contribution in [0, 0.1) is 5.82 Å². The van der Waals surface area contributed by atoms with Gasteiger partial charge in [-0.3, -0.25) is 4.79 Å². The molecular weight excluding hydrogens is 325 g/mol. The van der Waals surface area contributed by atoms with Gasteiger partial charge in [0.15, 0.2) is 0 Å². The number of rotatable bonds is 5. The Balaban J connectivity index is 1.62. The van der Waals surface area contributed by atoms with Gasteiger partial charge in [-0.15, -0.1) is 11.3 Å². The van der Waals surface area contributed by atoms with E-state index >= 15 is 0 Å². The van der Waals surface area contributed by atoms with Crippen LogP contribution < -0.4 is 5.32 Å². The smallest absolute Gasteiger partial charge is 0.251 e. The second kappa shape index (κ2) is 7.38. The Morgan fingerprint density at radius 3 is 2.46 bits per heavy atom. The van der Waals surface area contributed by atoms with Crippen molar-refractivity contribution in [2.45, 2.75) is 12.6 Å². The van der Waals surface area contributed by atoms with E-state index in [1.807, 2.05) is 42.5 Å². The molecule has 1 unspecified atom stereocenters. The minimum Gasteiger partial charge on any atom is -0.383 e. The molecule has 3 nitrogen and oxygen atoms in total. The van der Waals surface area contributed by atoms with Gasteiger partial charge in [-0.25, -0.2) is 4.39 Å². The predicted octanol–water partition coefficient (Wildman–Crippen LogP) is 3.90. The van der Waals surface area contributed by atoms with Gasteiger partial charge in [0.25, 0.3) is 5.91 Å². The lowest BCUT2D eigenvalue weighted by Gasteiger charge is -2.08. The summed E-state index contributed by atoms with van der Waals surface area (Å²) in [6.45, 7) is 0.363. The van der Waals surface area contributed by atoms with E-state index in [9.17, 15) is 14.3 Å². The first kappa shape index (κ1) is 16.4. The lowest BCUT2D eigenvalue weighted by atomic mass is 10.1. The van der Waals surface area contributed by atoms with Crippen molar-refractivity contribution in [1.82, 2.24) is 5.32 Å². The van der Waals surface area contributed by atoms with Crippen LogP contribution in [0.25, 0.3) is 0 Å². The van der Waals surface area contributed by atoms with Crippen molar-refractivity contribution in [1.29, 1.82) is 0 Å². The lowest BCUT2D eigenvalue weighted by molar-refractivity contribution is 0.0951. The fourth-order valence-electron chi connectivity index (χ4n) is 2.31. The second-order valence-corrected chi connectivity index (χ2v) is 6.51. The first-order chi connectivity index (χ1) is 11.6. The standard InChI is InChI=1S/C19H16FNO2S/c20-15-8-6-14(7-9-15)19(23)21-12-16-10-11-17(24-16)18(22)13-4-2-1-3-5-13/h1-11,18,22H,12H2,(H,21,23). The summed E-state index contributed by atoms with van der Waals surface area (Å²) >= 11 is 1.45. The van der Waals surface area contributed by atoms with Crippen molar-refractivity contribution >= 4 is 17.2 Å². The van der Waals surface area contributed by atoms with Crippen LogP contribution in [0.5, 0.6) is 0 Å². The molecule has 2 aromatic carbocycles. The minimum absolute atomic E-state index is 0.256. The third-order valence-corrected chi connectivity index (χ3v) is 4.73. The van der Waals surface area contributed by atoms with Gasteiger partial charge in [-0.2, -0.15) is 0 Å². The maximum atomic E-state index is 12.9. The van der Waals surface area contributed by atoms with Gasteiger partial charge < -0.3 is 10.4 Å². The van der Waals surface area contributed by atoms with Gasteiger partial charge in [0.05, 0.1) is 6.54 Å². The van der Waals surface area contributed by atoms with Crippen LogP contribution in [0.15, 0.2) is 66.7 Å². The summed E-state index contributed by atoms with van der Waals surface area (Å²) < 4.78 is 12.9. The predicted molar refractivity (Wildman–Crippen MR) is 92.4 cm³/mol. The van der Waals surface area contributed by atoms with Crippen LogP contribution in [0.1, 0.15) is 31.8 Å². The summed E-state index contributed by atoms with van der Waals surface area (Å²) in [5.41, 5.74) is 1.25. The average molecular weight is 341 g/mol. The van der Waals surface area contributed by atoms with Crippen LogP contribution in [-0.2, 0) is 6.54 Å². The third kappa shape index (κ3) is 3.88. The average Bonchev–Trinajstić information content (AvgIpc) is 3.09. The molecule has 0 aliphatic heterocycles. The fourth-order valence-corrected chi connectivity index (χ4v) is 3.27. The highest BCUT2D eigenvalue weighted by molar-refractivity contribution is 7.12. The van der Waals surface area contributed by atoms with Crippen LogP contribution >= 0.6 is 11.3 Å². The first-order valence-electron chi connectivity index (χ1n) is 7.49. The van der Waals surface area contributed by atoms with E-state index in [0.29, 0.717) is 12.1 Å². The topological polar surface area (TPSA) is 49.3 Å². The van der Waals surface area contributed by atoms with Crippen LogP contribution in [0.4, 0.5) is 4.39 Å². The monoisotopic (exact) mass is 341 g/mol. The molecule has 1 amide bonds. The Hall–Kier alpha value is -2.50. The SMILES string of the molecule is O=C(NCc1ccc(C(O)c2ccccc2)s1)c1ccc(F)cc1. The van der Waals surface area contributed by atoms with Crippen LogP contribution in [0.3, 0.4) is 0 Å². The number of amides is 1. The van der Waals surface area contributed by atoms with Gasteiger partial charge in [0.2, 0.25) is 0 Å². The van der Waals surface area contributed by atoms with E-state index in [2.05, 4.69) is 5.32 Å². The van der Waals surface area contributed by atoms with E-state index in [1.165, 1.54) is 35.6 Å². The molecule has 0 aliphatic carbocycles. The molecule has 0 saturated heterocycles. The summed E-state index contributed by atoms with van der Waals surface area (Å²) in [5, 5.41) is 13.2. The maximum absolute atomic E-state index is 12.9. The zero-order chi connectivity index (χ0) is 16.9. The molecular formula is C19H16FNO2S. The maximum Gasteiger partial charge on any atom is 0.251 e. The highest BCUT2D eigenvalue weighted by Gasteiger charge is 2.13. The van der Waals surface area contributed by atoms with Gasteiger partial charge in [0, 0.05) is 15.3 Å². The number of halogens is 1. The molecule has 24 heavy (non-hydrogen) atoms. The summed E-state index contributed by atoms with van der Waals surface area (Å²) in [7, 11) is 0. The van der Waals surface area contributed by atoms with Gasteiger partial charge in [0.1, 0.15) is 11.9 Å². The Morgan fingerprint density at radius 1 is 1.04 bits per heavy atom. The van der Waals surface area contributed by atoms with Crippen molar-refractivity contribution in [2.75, 3.05) is 0 Å². The van der Waals surface area contributed by atoms with Crippen molar-refractivity contribution < 1.29 is 14.3 Å². The van der Waals surface area contributed by atoms with Crippen molar-refractivity contribution in [3.63, 3.8) is 0 Å². The summed E-state index contributed by atoms with van der Waals surface area (Å²) in [6.07, 6.45) is -0.669. The van der Waals surface area contributed by atoms with Crippen molar-refractivity contribution in [2.24, 2.45) is 0 Å². The van der Waals surface area contributed by atoms with Crippen molar-refractivity contribution in [3.8, 4) is 0 Å². The molecule has 2 N–H and O–H groups in total. The van der Waals surface area contributed by atoms with E-state index in [1.54, 1.807) is 0 Å². The molecule has 0 fully saturated rings. The quantitative estimate of drug-likeness (QED) is 0.739. The van der Waals surface area contributed by atoms with E-state index in [4.69, 9.17) is 0 Å². The normalized spacial score (nSPS) is 11.9. The zero-order valence-corrected chi connectivity index (χ0v) is 13.6. The zero-order valence-electron chi connectivity index (χ0n) is 12.8. The van der Waals surface area contributed by atoms with Gasteiger partial charge in [-0.05, 0) is 42.0 Å². The number of benzene rings is 2. The Kier molecular flexibility index (Phi) is 5.03.